The van der Waals surface area contributed by atoms with Crippen LogP contribution in [0.25, 0.3) is 0 Å². The minimum absolute atomic E-state index is 0.0958. The second kappa shape index (κ2) is 6.59. The second-order valence-corrected chi connectivity index (χ2v) is 5.59. The summed E-state index contributed by atoms with van der Waals surface area (Å²) in [4.78, 5) is 12.0. The van der Waals surface area contributed by atoms with E-state index in [9.17, 15) is 4.79 Å². The Hall–Kier alpha value is -2.06. The van der Waals surface area contributed by atoms with Crippen molar-refractivity contribution in [3.8, 4) is 11.8 Å². The Morgan fingerprint density at radius 1 is 1.48 bits per heavy atom. The van der Waals surface area contributed by atoms with Crippen LogP contribution in [0.3, 0.4) is 0 Å². The van der Waals surface area contributed by atoms with Gasteiger partial charge in [0.05, 0.1) is 11.6 Å². The van der Waals surface area contributed by atoms with E-state index in [2.05, 4.69) is 5.32 Å². The zero-order valence-electron chi connectivity index (χ0n) is 12.1. The normalized spacial score (nSPS) is 16.6. The van der Waals surface area contributed by atoms with Crippen LogP contribution in [-0.2, 0) is 4.79 Å². The lowest BCUT2D eigenvalue weighted by atomic mass is 10.0. The van der Waals surface area contributed by atoms with Gasteiger partial charge in [0.25, 0.3) is 5.91 Å². The molecule has 0 aromatic heterocycles. The number of ether oxygens (including phenoxy) is 1. The predicted molar refractivity (Wildman–Crippen MR) is 77.6 cm³/mol. The SMILES string of the molecule is CC(Oc1ccc(C#N)cc1)C(=O)NCC1(CCO)CC1. The van der Waals surface area contributed by atoms with Crippen molar-refractivity contribution in [2.24, 2.45) is 5.41 Å². The molecule has 112 valence electrons. The molecule has 5 nitrogen and oxygen atoms in total. The minimum atomic E-state index is -0.595. The summed E-state index contributed by atoms with van der Waals surface area (Å²) in [7, 11) is 0. The van der Waals surface area contributed by atoms with Crippen LogP contribution in [0.4, 0.5) is 0 Å². The zero-order chi connectivity index (χ0) is 15.3. The third-order valence-electron chi connectivity index (χ3n) is 3.90. The van der Waals surface area contributed by atoms with Gasteiger partial charge < -0.3 is 15.2 Å². The minimum Gasteiger partial charge on any atom is -0.481 e. The van der Waals surface area contributed by atoms with Gasteiger partial charge in [0.2, 0.25) is 0 Å². The van der Waals surface area contributed by atoms with Crippen molar-refractivity contribution in [1.29, 1.82) is 5.26 Å². The Balaban J connectivity index is 1.80. The van der Waals surface area contributed by atoms with Crippen molar-refractivity contribution in [3.05, 3.63) is 29.8 Å². The van der Waals surface area contributed by atoms with E-state index in [1.54, 1.807) is 31.2 Å². The molecule has 1 aliphatic rings. The van der Waals surface area contributed by atoms with Crippen LogP contribution in [0.1, 0.15) is 31.7 Å². The van der Waals surface area contributed by atoms with Crippen LogP contribution in [0.15, 0.2) is 24.3 Å². The molecule has 1 atom stereocenters. The number of nitrogens with zero attached hydrogens (tertiary/aromatic N) is 1. The number of nitriles is 1. The van der Waals surface area contributed by atoms with Gasteiger partial charge in [0.15, 0.2) is 6.10 Å². The fourth-order valence-electron chi connectivity index (χ4n) is 2.21. The summed E-state index contributed by atoms with van der Waals surface area (Å²) in [6.45, 7) is 2.44. The summed E-state index contributed by atoms with van der Waals surface area (Å²) >= 11 is 0. The molecule has 1 amide bonds. The molecule has 1 fully saturated rings. The van der Waals surface area contributed by atoms with E-state index in [0.717, 1.165) is 19.3 Å². The van der Waals surface area contributed by atoms with Crippen molar-refractivity contribution in [2.45, 2.75) is 32.3 Å². The average Bonchev–Trinajstić information content (AvgIpc) is 3.26. The first-order valence-corrected chi connectivity index (χ1v) is 7.14. The average molecular weight is 288 g/mol. The fraction of sp³-hybridized carbons (Fsp3) is 0.500. The number of aliphatic hydroxyl groups is 1. The molecule has 1 saturated carbocycles. The molecule has 0 heterocycles. The Morgan fingerprint density at radius 3 is 2.67 bits per heavy atom. The van der Waals surface area contributed by atoms with E-state index in [4.69, 9.17) is 15.1 Å². The van der Waals surface area contributed by atoms with E-state index in [-0.39, 0.29) is 17.9 Å². The lowest BCUT2D eigenvalue weighted by Gasteiger charge is -2.18. The lowest BCUT2D eigenvalue weighted by Crippen LogP contribution is -2.39. The molecule has 1 aliphatic carbocycles. The quantitative estimate of drug-likeness (QED) is 0.798. The van der Waals surface area contributed by atoms with Gasteiger partial charge >= 0.3 is 0 Å². The standard InChI is InChI=1S/C16H20N2O3/c1-12(21-14-4-2-13(10-17)3-5-14)15(20)18-11-16(6-7-16)8-9-19/h2-5,12,19H,6-9,11H2,1H3,(H,18,20). The molecule has 1 unspecified atom stereocenters. The molecule has 1 aromatic carbocycles. The monoisotopic (exact) mass is 288 g/mol. The number of aliphatic hydroxyl groups excluding tert-OH is 1. The van der Waals surface area contributed by atoms with Crippen LogP contribution < -0.4 is 10.1 Å². The zero-order valence-corrected chi connectivity index (χ0v) is 12.1. The largest absolute Gasteiger partial charge is 0.481 e. The molecule has 1 aromatic rings. The Bertz CT molecular complexity index is 529. The maximum atomic E-state index is 12.0. The number of carbonyl (C=O) groups is 1. The first-order chi connectivity index (χ1) is 10.1. The van der Waals surface area contributed by atoms with E-state index < -0.39 is 6.10 Å². The maximum Gasteiger partial charge on any atom is 0.260 e. The van der Waals surface area contributed by atoms with Crippen molar-refractivity contribution in [2.75, 3.05) is 13.2 Å². The van der Waals surface area contributed by atoms with Gasteiger partial charge in [-0.25, -0.2) is 0 Å². The van der Waals surface area contributed by atoms with Crippen LogP contribution in [0, 0.1) is 16.7 Å². The molecule has 0 radical (unpaired) electrons. The number of rotatable bonds is 7. The number of hydrogen-bond donors (Lipinski definition) is 2. The van der Waals surface area contributed by atoms with Gasteiger partial charge in [-0.2, -0.15) is 5.26 Å². The molecule has 0 aliphatic heterocycles. The Kier molecular flexibility index (Phi) is 4.81. The predicted octanol–water partition coefficient (Wildman–Crippen LogP) is 1.60. The summed E-state index contributed by atoms with van der Waals surface area (Å²) in [5, 5.41) is 20.6. The van der Waals surface area contributed by atoms with Crippen LogP contribution in [0.5, 0.6) is 5.75 Å². The number of amides is 1. The highest BCUT2D eigenvalue weighted by Gasteiger charge is 2.42. The molecule has 5 heteroatoms. The third kappa shape index (κ3) is 4.20. The van der Waals surface area contributed by atoms with Crippen molar-refractivity contribution in [1.82, 2.24) is 5.32 Å². The summed E-state index contributed by atoms with van der Waals surface area (Å²) in [6.07, 6.45) is 2.25. The van der Waals surface area contributed by atoms with Gasteiger partial charge in [0.1, 0.15) is 5.75 Å². The molecule has 2 rings (SSSR count). The summed E-state index contributed by atoms with van der Waals surface area (Å²) in [5.41, 5.74) is 0.651. The van der Waals surface area contributed by atoms with Gasteiger partial charge in [-0.15, -0.1) is 0 Å². The summed E-state index contributed by atoms with van der Waals surface area (Å²) in [5.74, 6) is 0.400. The highest BCUT2D eigenvalue weighted by Crippen LogP contribution is 2.47. The van der Waals surface area contributed by atoms with E-state index in [0.29, 0.717) is 17.9 Å². The highest BCUT2D eigenvalue weighted by molar-refractivity contribution is 5.80. The molecule has 0 saturated heterocycles. The Morgan fingerprint density at radius 2 is 2.14 bits per heavy atom. The summed E-state index contributed by atoms with van der Waals surface area (Å²) in [6, 6.07) is 8.69. The van der Waals surface area contributed by atoms with E-state index in [1.807, 2.05) is 6.07 Å². The number of carbonyl (C=O) groups excluding carboxylic acids is 1. The smallest absolute Gasteiger partial charge is 0.260 e. The van der Waals surface area contributed by atoms with Gasteiger partial charge in [-0.3, -0.25) is 4.79 Å². The topological polar surface area (TPSA) is 82.3 Å². The van der Waals surface area contributed by atoms with Crippen LogP contribution in [-0.4, -0.2) is 30.3 Å². The first kappa shape index (κ1) is 15.3. The number of nitrogens with one attached hydrogen (secondary N) is 1. The van der Waals surface area contributed by atoms with E-state index >= 15 is 0 Å². The van der Waals surface area contributed by atoms with Crippen molar-refractivity contribution in [3.63, 3.8) is 0 Å². The van der Waals surface area contributed by atoms with Crippen LogP contribution >= 0.6 is 0 Å². The molecule has 0 bridgehead atoms. The Labute approximate surface area is 124 Å². The van der Waals surface area contributed by atoms with Gasteiger partial charge in [0, 0.05) is 13.2 Å². The van der Waals surface area contributed by atoms with Gasteiger partial charge in [-0.05, 0) is 55.9 Å². The lowest BCUT2D eigenvalue weighted by molar-refractivity contribution is -0.127. The van der Waals surface area contributed by atoms with E-state index in [1.165, 1.54) is 0 Å². The number of hydrogen-bond acceptors (Lipinski definition) is 4. The second-order valence-electron chi connectivity index (χ2n) is 5.59. The maximum absolute atomic E-state index is 12.0. The number of benzene rings is 1. The summed E-state index contributed by atoms with van der Waals surface area (Å²) < 4.78 is 5.55. The first-order valence-electron chi connectivity index (χ1n) is 7.14. The molecule has 21 heavy (non-hydrogen) atoms. The fourth-order valence-corrected chi connectivity index (χ4v) is 2.21. The molecular formula is C16H20N2O3. The molecular weight excluding hydrogens is 268 g/mol. The molecule has 0 spiro atoms. The van der Waals surface area contributed by atoms with Gasteiger partial charge in [-0.1, -0.05) is 0 Å². The van der Waals surface area contributed by atoms with Crippen LogP contribution in [0.2, 0.25) is 0 Å². The highest BCUT2D eigenvalue weighted by atomic mass is 16.5. The van der Waals surface area contributed by atoms with Crippen molar-refractivity contribution < 1.29 is 14.6 Å². The third-order valence-corrected chi connectivity index (χ3v) is 3.90. The molecule has 2 N–H and O–H groups in total. The van der Waals surface area contributed by atoms with Crippen molar-refractivity contribution >= 4 is 5.91 Å².